The lowest BCUT2D eigenvalue weighted by molar-refractivity contribution is 0.00651. The molecule has 5 heteroatoms. The molecule has 3 aromatic rings. The molecule has 37 heavy (non-hydrogen) atoms. The fourth-order valence-electron chi connectivity index (χ4n) is 6.83. The summed E-state index contributed by atoms with van der Waals surface area (Å²) in [5.74, 6) is 0.947. The Bertz CT molecular complexity index is 1290. The number of amides is 1. The largest absolute Gasteiger partial charge is 0.496 e. The molecule has 0 N–H and O–H groups in total. The summed E-state index contributed by atoms with van der Waals surface area (Å²) in [6.45, 7) is 2.29. The summed E-state index contributed by atoms with van der Waals surface area (Å²) in [6.07, 6.45) is 4.10. The highest BCUT2D eigenvalue weighted by Crippen LogP contribution is 2.45. The van der Waals surface area contributed by atoms with Gasteiger partial charge >= 0.3 is 6.09 Å². The van der Waals surface area contributed by atoms with Crippen LogP contribution < -0.4 is 4.74 Å². The summed E-state index contributed by atoms with van der Waals surface area (Å²) in [7, 11) is 1.64. The topological polar surface area (TPSA) is 55.8 Å². The van der Waals surface area contributed by atoms with E-state index in [4.69, 9.17) is 9.47 Å². The van der Waals surface area contributed by atoms with Crippen molar-refractivity contribution in [2.45, 2.75) is 57.0 Å². The van der Waals surface area contributed by atoms with E-state index in [1.165, 1.54) is 22.3 Å². The van der Waals surface area contributed by atoms with Gasteiger partial charge in [-0.2, -0.15) is 0 Å². The van der Waals surface area contributed by atoms with Gasteiger partial charge in [0.15, 0.2) is 5.78 Å². The second kappa shape index (κ2) is 9.70. The molecule has 0 radical (unpaired) electrons. The number of benzene rings is 3. The highest BCUT2D eigenvalue weighted by molar-refractivity contribution is 5.98. The van der Waals surface area contributed by atoms with Crippen LogP contribution in [0, 0.1) is 12.8 Å². The third-order valence-electron chi connectivity index (χ3n) is 8.57. The monoisotopic (exact) mass is 495 g/mol. The number of hydrogen-bond acceptors (Lipinski definition) is 4. The molecule has 3 aromatic carbocycles. The maximum absolute atomic E-state index is 13.5. The summed E-state index contributed by atoms with van der Waals surface area (Å²) in [6, 6.07) is 22.6. The molecule has 2 fully saturated rings. The molecule has 5 nitrogen and oxygen atoms in total. The number of carbonyl (C=O) groups is 2. The molecule has 1 aliphatic carbocycles. The number of carbonyl (C=O) groups excluding carboxylic acids is 2. The zero-order valence-corrected chi connectivity index (χ0v) is 21.5. The number of piperidine rings is 2. The summed E-state index contributed by atoms with van der Waals surface area (Å²) in [5, 5.41) is 0. The fourth-order valence-corrected chi connectivity index (χ4v) is 6.83. The second-order valence-corrected chi connectivity index (χ2v) is 10.7. The highest BCUT2D eigenvalue weighted by atomic mass is 16.6. The Labute approximate surface area is 218 Å². The molecule has 1 amide bonds. The van der Waals surface area contributed by atoms with Crippen molar-refractivity contribution in [1.82, 2.24) is 4.90 Å². The lowest BCUT2D eigenvalue weighted by atomic mass is 9.75. The predicted octanol–water partition coefficient (Wildman–Crippen LogP) is 6.77. The molecule has 190 valence electrons. The number of Topliss-reactive ketones (excluding diaryl/α,β-unsaturated/α-hetero) is 1. The number of fused-ring (bicyclic) bond motifs is 5. The third-order valence-corrected chi connectivity index (χ3v) is 8.57. The summed E-state index contributed by atoms with van der Waals surface area (Å²) >= 11 is 0. The van der Waals surface area contributed by atoms with Crippen LogP contribution in [0.5, 0.6) is 5.75 Å². The number of ketones is 1. The molecule has 2 atom stereocenters. The minimum atomic E-state index is -0.234. The van der Waals surface area contributed by atoms with Crippen LogP contribution in [0.3, 0.4) is 0 Å². The highest BCUT2D eigenvalue weighted by Gasteiger charge is 2.44. The third kappa shape index (κ3) is 4.20. The molecule has 6 rings (SSSR count). The van der Waals surface area contributed by atoms with Gasteiger partial charge in [-0.15, -0.1) is 0 Å². The second-order valence-electron chi connectivity index (χ2n) is 10.7. The normalized spacial score (nSPS) is 22.2. The van der Waals surface area contributed by atoms with Gasteiger partial charge in [0.25, 0.3) is 0 Å². The van der Waals surface area contributed by atoms with E-state index in [1.54, 1.807) is 7.11 Å². The molecule has 2 aliphatic heterocycles. The van der Waals surface area contributed by atoms with Crippen molar-refractivity contribution in [2.24, 2.45) is 5.92 Å². The van der Waals surface area contributed by atoms with Crippen molar-refractivity contribution in [2.75, 3.05) is 13.7 Å². The van der Waals surface area contributed by atoms with Crippen molar-refractivity contribution in [3.8, 4) is 16.9 Å². The Hall–Kier alpha value is -3.60. The van der Waals surface area contributed by atoms with Gasteiger partial charge in [0, 0.05) is 29.5 Å². The van der Waals surface area contributed by atoms with E-state index in [-0.39, 0.29) is 35.8 Å². The van der Waals surface area contributed by atoms with E-state index in [1.807, 2.05) is 30.0 Å². The number of methoxy groups -OCH3 is 1. The minimum Gasteiger partial charge on any atom is -0.496 e. The lowest BCUT2D eigenvalue weighted by Gasteiger charge is -2.47. The van der Waals surface area contributed by atoms with Gasteiger partial charge in [0.1, 0.15) is 12.4 Å². The van der Waals surface area contributed by atoms with Gasteiger partial charge in [-0.05, 0) is 85.0 Å². The molecule has 2 bridgehead atoms. The van der Waals surface area contributed by atoms with Gasteiger partial charge in [-0.3, -0.25) is 4.79 Å². The van der Waals surface area contributed by atoms with Gasteiger partial charge in [0.05, 0.1) is 7.11 Å². The van der Waals surface area contributed by atoms with Crippen LogP contribution in [-0.4, -0.2) is 42.6 Å². The molecule has 0 spiro atoms. The van der Waals surface area contributed by atoms with Crippen molar-refractivity contribution in [3.05, 3.63) is 89.0 Å². The maximum Gasteiger partial charge on any atom is 0.410 e. The average molecular weight is 496 g/mol. The molecule has 0 saturated carbocycles. The summed E-state index contributed by atoms with van der Waals surface area (Å²) < 4.78 is 11.4. The Balaban J connectivity index is 1.16. The zero-order chi connectivity index (χ0) is 25.5. The number of hydrogen-bond donors (Lipinski definition) is 0. The Morgan fingerprint density at radius 1 is 0.892 bits per heavy atom. The molecule has 2 heterocycles. The van der Waals surface area contributed by atoms with E-state index in [9.17, 15) is 9.59 Å². The molecular formula is C32H33NO4. The quantitative estimate of drug-likeness (QED) is 0.367. The Kier molecular flexibility index (Phi) is 6.23. The van der Waals surface area contributed by atoms with E-state index in [2.05, 4.69) is 48.5 Å². The van der Waals surface area contributed by atoms with Crippen LogP contribution in [0.2, 0.25) is 0 Å². The average Bonchev–Trinajstić information content (AvgIpc) is 3.24. The first kappa shape index (κ1) is 23.8. The van der Waals surface area contributed by atoms with E-state index in [0.717, 1.165) is 36.1 Å². The van der Waals surface area contributed by atoms with Crippen LogP contribution in [-0.2, 0) is 4.74 Å². The summed E-state index contributed by atoms with van der Waals surface area (Å²) in [4.78, 5) is 28.8. The van der Waals surface area contributed by atoms with Crippen molar-refractivity contribution >= 4 is 11.9 Å². The van der Waals surface area contributed by atoms with E-state index < -0.39 is 0 Å². The van der Waals surface area contributed by atoms with Crippen LogP contribution in [0.4, 0.5) is 4.79 Å². The van der Waals surface area contributed by atoms with Gasteiger partial charge in [-0.25, -0.2) is 4.79 Å². The zero-order valence-electron chi connectivity index (χ0n) is 21.5. The molecule has 0 aromatic heterocycles. The molecular weight excluding hydrogens is 462 g/mol. The molecule has 3 aliphatic rings. The fraction of sp³-hybridized carbons (Fsp3) is 0.375. The molecule has 2 saturated heterocycles. The van der Waals surface area contributed by atoms with Gasteiger partial charge in [0.2, 0.25) is 0 Å². The van der Waals surface area contributed by atoms with Crippen molar-refractivity contribution in [3.63, 3.8) is 0 Å². The number of rotatable bonds is 5. The van der Waals surface area contributed by atoms with Gasteiger partial charge in [-0.1, -0.05) is 48.5 Å². The lowest BCUT2D eigenvalue weighted by Crippen LogP contribution is -2.55. The van der Waals surface area contributed by atoms with Crippen molar-refractivity contribution in [1.29, 1.82) is 0 Å². The van der Waals surface area contributed by atoms with E-state index in [0.29, 0.717) is 19.4 Å². The van der Waals surface area contributed by atoms with Crippen LogP contribution >= 0.6 is 0 Å². The minimum absolute atomic E-state index is 0.0496. The van der Waals surface area contributed by atoms with Crippen LogP contribution in [0.25, 0.3) is 11.1 Å². The number of aryl methyl sites for hydroxylation is 1. The maximum atomic E-state index is 13.5. The first-order chi connectivity index (χ1) is 18.0. The smallest absolute Gasteiger partial charge is 0.410 e. The number of nitrogens with zero attached hydrogens (tertiary/aromatic N) is 1. The summed E-state index contributed by atoms with van der Waals surface area (Å²) in [5.41, 5.74) is 6.58. The van der Waals surface area contributed by atoms with Crippen LogP contribution in [0.1, 0.15) is 65.1 Å². The Morgan fingerprint density at radius 2 is 1.51 bits per heavy atom. The van der Waals surface area contributed by atoms with Crippen LogP contribution in [0.15, 0.2) is 66.7 Å². The number of ether oxygens (including phenoxy) is 2. The van der Waals surface area contributed by atoms with Gasteiger partial charge < -0.3 is 14.4 Å². The Morgan fingerprint density at radius 3 is 2.11 bits per heavy atom. The molecule has 2 unspecified atom stereocenters. The standard InChI is InChI=1S/C32H33NO4/c1-20-16-21(14-15-30(20)36-2)31(34)22-17-23-8-7-9-24(18-22)33(23)32(35)37-19-29-27-12-5-3-10-25(27)26-11-4-6-13-28(26)29/h3-6,10-16,22-24,29H,7-9,17-19H2,1-2H3. The first-order valence-electron chi connectivity index (χ1n) is 13.4. The van der Waals surface area contributed by atoms with E-state index >= 15 is 0 Å². The SMILES string of the molecule is COc1ccc(C(=O)C2CC3CCCC(C2)N3C(=O)OCC2c3ccccc3-c3ccccc32)cc1C. The predicted molar refractivity (Wildman–Crippen MR) is 143 cm³/mol. The first-order valence-corrected chi connectivity index (χ1v) is 13.4. The van der Waals surface area contributed by atoms with Crippen molar-refractivity contribution < 1.29 is 19.1 Å².